The van der Waals surface area contributed by atoms with Crippen LogP contribution in [0.5, 0.6) is 0 Å². The number of anilines is 1. The topological polar surface area (TPSA) is 138 Å². The molecule has 0 saturated carbocycles. The van der Waals surface area contributed by atoms with Gasteiger partial charge in [-0.25, -0.2) is 22.2 Å². The maximum atomic E-state index is 14.6. The van der Waals surface area contributed by atoms with Gasteiger partial charge in [0.05, 0.1) is 16.3 Å². The summed E-state index contributed by atoms with van der Waals surface area (Å²) in [6.45, 7) is 2.08. The smallest absolute Gasteiger partial charge is 0.275 e. The van der Waals surface area contributed by atoms with E-state index in [0.29, 0.717) is 0 Å². The number of pyridine rings is 1. The van der Waals surface area contributed by atoms with Crippen LogP contribution in [0.2, 0.25) is 5.02 Å². The Kier molecular flexibility index (Phi) is 5.50. The maximum Gasteiger partial charge on any atom is 0.275 e. The van der Waals surface area contributed by atoms with Gasteiger partial charge in [0.25, 0.3) is 10.9 Å². The van der Waals surface area contributed by atoms with Gasteiger partial charge in [-0.15, -0.1) is 0 Å². The number of halogens is 3. The highest BCUT2D eigenvalue weighted by molar-refractivity contribution is 7.93. The summed E-state index contributed by atoms with van der Waals surface area (Å²) in [5.74, 6) is -3.17. The molecule has 1 aliphatic heterocycles. The van der Waals surface area contributed by atoms with Gasteiger partial charge in [-0.2, -0.15) is 5.26 Å². The fraction of sp³-hybridized carbons (Fsp3) is 0.263. The van der Waals surface area contributed by atoms with Crippen LogP contribution in [0.3, 0.4) is 0 Å². The summed E-state index contributed by atoms with van der Waals surface area (Å²) in [7, 11) is -4.40. The van der Waals surface area contributed by atoms with Crippen molar-refractivity contribution >= 4 is 38.9 Å². The number of alkyl halides is 1. The van der Waals surface area contributed by atoms with Gasteiger partial charge in [0.1, 0.15) is 29.0 Å². The van der Waals surface area contributed by atoms with Crippen molar-refractivity contribution in [1.82, 2.24) is 4.98 Å². The number of carbonyl (C=O) groups is 1. The molecule has 0 bridgehead atoms. The highest BCUT2D eigenvalue weighted by Gasteiger charge is 2.53. The van der Waals surface area contributed by atoms with Gasteiger partial charge in [0.2, 0.25) is 0 Å². The molecule has 12 heteroatoms. The number of amidine groups is 1. The third kappa shape index (κ3) is 3.96. The number of amides is 1. The third-order valence-corrected chi connectivity index (χ3v) is 7.48. The van der Waals surface area contributed by atoms with Gasteiger partial charge < -0.3 is 11.1 Å². The molecule has 2 atom stereocenters. The second-order valence-corrected chi connectivity index (χ2v) is 9.95. The van der Waals surface area contributed by atoms with E-state index in [2.05, 4.69) is 15.3 Å². The van der Waals surface area contributed by atoms with E-state index in [1.54, 1.807) is 0 Å². The zero-order valence-corrected chi connectivity index (χ0v) is 17.9. The van der Waals surface area contributed by atoms with Crippen LogP contribution in [0.15, 0.2) is 35.5 Å². The summed E-state index contributed by atoms with van der Waals surface area (Å²) < 4.78 is 53.9. The molecule has 1 amide bonds. The molecule has 1 aromatic heterocycles. The van der Waals surface area contributed by atoms with Crippen molar-refractivity contribution in [3.8, 4) is 6.07 Å². The van der Waals surface area contributed by atoms with E-state index in [9.17, 15) is 22.0 Å². The lowest BCUT2D eigenvalue weighted by molar-refractivity contribution is 0.102. The largest absolute Gasteiger partial charge is 0.384 e. The first-order chi connectivity index (χ1) is 14.3. The van der Waals surface area contributed by atoms with E-state index in [1.165, 1.54) is 25.1 Å². The van der Waals surface area contributed by atoms with Crippen LogP contribution in [-0.2, 0) is 15.4 Å². The van der Waals surface area contributed by atoms with Crippen LogP contribution in [-0.4, -0.2) is 35.9 Å². The molecule has 1 aromatic carbocycles. The van der Waals surface area contributed by atoms with Crippen molar-refractivity contribution in [3.63, 3.8) is 0 Å². The highest BCUT2D eigenvalue weighted by Crippen LogP contribution is 2.39. The number of nitrogens with two attached hydrogens (primary N) is 1. The van der Waals surface area contributed by atoms with Gasteiger partial charge in [0.15, 0.2) is 9.84 Å². The Labute approximate surface area is 181 Å². The van der Waals surface area contributed by atoms with Crippen LogP contribution in [0.25, 0.3) is 0 Å². The Bertz CT molecular complexity index is 1270. The van der Waals surface area contributed by atoms with Crippen molar-refractivity contribution in [1.29, 1.82) is 5.26 Å². The Hall–Kier alpha value is -3.10. The average Bonchev–Trinajstić information content (AvgIpc) is 2.67. The van der Waals surface area contributed by atoms with Gasteiger partial charge in [-0.3, -0.25) is 9.79 Å². The lowest BCUT2D eigenvalue weighted by atomic mass is 9.93. The number of benzene rings is 1. The molecule has 0 fully saturated rings. The second kappa shape index (κ2) is 7.55. The van der Waals surface area contributed by atoms with Crippen LogP contribution in [0.1, 0.15) is 35.5 Å². The number of aliphatic imine (C=N–C) groups is 1. The van der Waals surface area contributed by atoms with E-state index in [1.807, 2.05) is 6.07 Å². The molecule has 0 spiro atoms. The number of hydrogen-bond donors (Lipinski definition) is 2. The number of sulfone groups is 1. The zero-order chi connectivity index (χ0) is 23.2. The van der Waals surface area contributed by atoms with Gasteiger partial charge in [-0.05, 0) is 38.1 Å². The van der Waals surface area contributed by atoms with Crippen molar-refractivity contribution < 1.29 is 22.0 Å². The van der Waals surface area contributed by atoms with Crippen LogP contribution in [0, 0.1) is 17.1 Å². The Morgan fingerprint density at radius 3 is 2.61 bits per heavy atom. The summed E-state index contributed by atoms with van der Waals surface area (Å²) in [6.07, 6.45) is 1.16. The number of nitriles is 1. The van der Waals surface area contributed by atoms with Crippen molar-refractivity contribution in [3.05, 3.63) is 58.1 Å². The normalized spacial score (nSPS) is 24.7. The molecule has 3 rings (SSSR count). The zero-order valence-electron chi connectivity index (χ0n) is 16.3. The fourth-order valence-electron chi connectivity index (χ4n) is 3.07. The number of aromatic nitrogens is 1. The third-order valence-electron chi connectivity index (χ3n) is 4.87. The van der Waals surface area contributed by atoms with Crippen molar-refractivity contribution in [2.75, 3.05) is 11.1 Å². The van der Waals surface area contributed by atoms with Crippen LogP contribution < -0.4 is 11.1 Å². The number of nitrogens with one attached hydrogen (secondary N) is 1. The summed E-state index contributed by atoms with van der Waals surface area (Å²) in [4.78, 5) is 20.3. The second-order valence-electron chi connectivity index (χ2n) is 7.26. The number of carbonyl (C=O) groups excluding carboxylic acids is 1. The van der Waals surface area contributed by atoms with Crippen LogP contribution >= 0.6 is 11.6 Å². The molecular weight excluding hydrogens is 452 g/mol. The molecule has 0 saturated heterocycles. The molecule has 31 heavy (non-hydrogen) atoms. The van der Waals surface area contributed by atoms with E-state index < -0.39 is 43.7 Å². The first-order valence-electron chi connectivity index (χ1n) is 8.75. The maximum absolute atomic E-state index is 14.6. The number of rotatable bonds is 3. The molecule has 8 nitrogen and oxygen atoms in total. The van der Waals surface area contributed by atoms with Crippen molar-refractivity contribution in [2.24, 2.45) is 10.7 Å². The SMILES string of the molecule is C[C@]1(F)C(N)=N[C@](C)(c2cc(NC(=O)c3ncc(C#N)cc3Cl)ccc2F)CS1(=O)=O. The molecule has 2 heterocycles. The summed E-state index contributed by atoms with van der Waals surface area (Å²) >= 11 is 5.98. The number of nitrogens with zero attached hydrogens (tertiary/aromatic N) is 3. The Morgan fingerprint density at radius 1 is 1.35 bits per heavy atom. The van der Waals surface area contributed by atoms with E-state index in [0.717, 1.165) is 19.2 Å². The molecule has 0 unspecified atom stereocenters. The van der Waals surface area contributed by atoms with E-state index in [4.69, 9.17) is 22.6 Å². The van der Waals surface area contributed by atoms with Crippen molar-refractivity contribution in [2.45, 2.75) is 24.4 Å². The molecular formula is C19H16ClF2N5O3S. The summed E-state index contributed by atoms with van der Waals surface area (Å²) in [5, 5.41) is 8.38. The average molecular weight is 468 g/mol. The van der Waals surface area contributed by atoms with Gasteiger partial charge in [-0.1, -0.05) is 11.6 Å². The minimum atomic E-state index is -4.40. The molecule has 0 radical (unpaired) electrons. The molecule has 2 aromatic rings. The minimum absolute atomic E-state index is 0.0659. The minimum Gasteiger partial charge on any atom is -0.384 e. The first-order valence-corrected chi connectivity index (χ1v) is 10.8. The number of hydrogen-bond acceptors (Lipinski definition) is 7. The summed E-state index contributed by atoms with van der Waals surface area (Å²) in [5.41, 5.74) is 3.70. The van der Waals surface area contributed by atoms with Gasteiger partial charge in [0, 0.05) is 17.4 Å². The monoisotopic (exact) mass is 467 g/mol. The first kappa shape index (κ1) is 22.6. The lowest BCUT2D eigenvalue weighted by Gasteiger charge is -2.35. The highest BCUT2D eigenvalue weighted by atomic mass is 35.5. The Morgan fingerprint density at radius 2 is 2.03 bits per heavy atom. The standard InChI is InChI=1S/C19H16ClF2N5O3S/c1-18(9-31(29,30)19(2,22)17(24)27-18)12-6-11(3-4-14(12)21)26-16(28)15-13(20)5-10(7-23)8-25-15/h3-6,8H,9H2,1-2H3,(H2,24,27)(H,26,28)/t18-,19+/m0/s1. The fourth-order valence-corrected chi connectivity index (χ4v) is 4.92. The van der Waals surface area contributed by atoms with Gasteiger partial charge >= 0.3 is 0 Å². The van der Waals surface area contributed by atoms with E-state index >= 15 is 0 Å². The lowest BCUT2D eigenvalue weighted by Crippen LogP contribution is -2.54. The summed E-state index contributed by atoms with van der Waals surface area (Å²) in [6, 6.07) is 6.52. The predicted molar refractivity (Wildman–Crippen MR) is 111 cm³/mol. The predicted octanol–water partition coefficient (Wildman–Crippen LogP) is 2.68. The Balaban J connectivity index is 1.99. The molecule has 0 aliphatic carbocycles. The molecule has 162 valence electrons. The molecule has 3 N–H and O–H groups in total. The van der Waals surface area contributed by atoms with Crippen LogP contribution in [0.4, 0.5) is 14.5 Å². The molecule has 1 aliphatic rings. The quantitative estimate of drug-likeness (QED) is 0.711. The van der Waals surface area contributed by atoms with E-state index in [-0.39, 0.29) is 27.5 Å².